The van der Waals surface area contributed by atoms with Crippen LogP contribution >= 0.6 is 0 Å². The highest BCUT2D eigenvalue weighted by Crippen LogP contribution is 2.24. The van der Waals surface area contributed by atoms with Gasteiger partial charge in [0.05, 0.1) is 25.7 Å². The van der Waals surface area contributed by atoms with Gasteiger partial charge in [-0.2, -0.15) is 0 Å². The van der Waals surface area contributed by atoms with E-state index < -0.39 is 123 Å². The zero-order valence-corrected chi connectivity index (χ0v) is 26.0. The summed E-state index contributed by atoms with van der Waals surface area (Å²) >= 11 is 0. The van der Waals surface area contributed by atoms with E-state index in [4.69, 9.17) is 31.4 Å². The number of nitrogens with two attached hydrogens (primary N) is 3. The Bertz CT molecular complexity index is 1130. The number of carbonyl (C=O) groups excluding carboxylic acids is 5. The molecule has 2 aliphatic rings. The average Bonchev–Trinajstić information content (AvgIpc) is 3.00. The summed E-state index contributed by atoms with van der Waals surface area (Å²) in [7, 11) is 0. The molecule has 15 N–H and O–H groups in total. The van der Waals surface area contributed by atoms with Gasteiger partial charge in [0.15, 0.2) is 24.5 Å². The predicted octanol–water partition coefficient (Wildman–Crippen LogP) is -7.18. The number of ether oxygens (including phenoxy) is 3. The van der Waals surface area contributed by atoms with Crippen molar-refractivity contribution in [3.05, 3.63) is 0 Å². The van der Waals surface area contributed by atoms with Crippen molar-refractivity contribution in [2.24, 2.45) is 22.2 Å². The van der Waals surface area contributed by atoms with Crippen LogP contribution in [0.4, 0.5) is 0 Å². The first-order valence-electron chi connectivity index (χ1n) is 14.8. The van der Waals surface area contributed by atoms with E-state index in [0.717, 1.165) is 13.8 Å². The Kier molecular flexibility index (Phi) is 15.6. The van der Waals surface area contributed by atoms with Crippen LogP contribution in [0.15, 0.2) is 4.99 Å². The molecule has 0 saturated carbocycles. The van der Waals surface area contributed by atoms with Crippen LogP contribution in [-0.4, -0.2) is 148 Å². The van der Waals surface area contributed by atoms with Crippen molar-refractivity contribution in [1.82, 2.24) is 21.3 Å². The van der Waals surface area contributed by atoms with Crippen LogP contribution in [0.3, 0.4) is 0 Å². The Labute approximate surface area is 269 Å². The third-order valence-corrected chi connectivity index (χ3v) is 7.28. The zero-order chi connectivity index (χ0) is 35.4. The number of aliphatic hydroxyl groups excluding tert-OH is 5. The summed E-state index contributed by atoms with van der Waals surface area (Å²) in [5.41, 5.74) is 16.4. The Morgan fingerprint density at radius 1 is 0.809 bits per heavy atom. The number of esters is 1. The molecule has 2 rings (SSSR count). The Hall–Kier alpha value is -3.70. The van der Waals surface area contributed by atoms with Gasteiger partial charge in [0.25, 0.3) is 0 Å². The van der Waals surface area contributed by atoms with Crippen molar-refractivity contribution in [1.29, 1.82) is 0 Å². The van der Waals surface area contributed by atoms with E-state index in [1.165, 1.54) is 0 Å². The second-order valence-electron chi connectivity index (χ2n) is 11.1. The highest BCUT2D eigenvalue weighted by molar-refractivity contribution is 5.82. The van der Waals surface area contributed by atoms with Crippen molar-refractivity contribution in [3.63, 3.8) is 0 Å². The SMILES string of the molecule is CC(=O)N[C@@H]1[C@@H](O)[C@H](OC(=O)CCC(=O)N[C@@H]2O[C@H](CO)[C@@H](O)[C@H](O)[C@H]2NC(C)=O)[C@@H](CO)O[C@H]1NC(=O)[C@@H](N)CCCN=C(N)N. The van der Waals surface area contributed by atoms with Crippen molar-refractivity contribution in [2.45, 2.75) is 107 Å². The summed E-state index contributed by atoms with van der Waals surface area (Å²) in [5, 5.41) is 60.5. The Morgan fingerprint density at radius 2 is 1.36 bits per heavy atom. The average molecular weight is 679 g/mol. The van der Waals surface area contributed by atoms with Crippen LogP contribution < -0.4 is 38.5 Å². The van der Waals surface area contributed by atoms with E-state index in [1.54, 1.807) is 0 Å². The number of amides is 4. The summed E-state index contributed by atoms with van der Waals surface area (Å²) in [5.74, 6) is -3.91. The standard InChI is InChI=1S/C26H46N8O13/c1-10(37)31-17-20(42)19(41)13(8-35)45-24(17)33-15(39)5-6-16(40)47-22-14(9-36)46-25(18(21(22)43)32-11(2)38)34-23(44)12(27)4-3-7-30-26(28)29/h12-14,17-22,24-25,35-36,41-43H,3-9,27H2,1-2H3,(H,31,37)(H,32,38)(H,33,39)(H,34,44)(H4,28,29,30)/t12-,13+,14+,17+,18+,19+,20+,21+,22+,24+,25+/m0/s1. The van der Waals surface area contributed by atoms with E-state index in [1.807, 2.05) is 0 Å². The lowest BCUT2D eigenvalue weighted by Gasteiger charge is -2.44. The second kappa shape index (κ2) is 18.6. The lowest BCUT2D eigenvalue weighted by Crippen LogP contribution is -2.69. The predicted molar refractivity (Wildman–Crippen MR) is 158 cm³/mol. The van der Waals surface area contributed by atoms with E-state index >= 15 is 0 Å². The highest BCUT2D eigenvalue weighted by Gasteiger charge is 2.49. The summed E-state index contributed by atoms with van der Waals surface area (Å²) in [6.45, 7) is 0.993. The number of hydrogen-bond donors (Lipinski definition) is 12. The second-order valence-corrected chi connectivity index (χ2v) is 11.1. The molecule has 0 aromatic carbocycles. The van der Waals surface area contributed by atoms with Crippen LogP contribution in [0.25, 0.3) is 0 Å². The zero-order valence-electron chi connectivity index (χ0n) is 26.0. The number of aliphatic imine (C=N–C) groups is 1. The molecule has 0 bridgehead atoms. The smallest absolute Gasteiger partial charge is 0.306 e. The molecule has 0 unspecified atom stereocenters. The fourth-order valence-corrected chi connectivity index (χ4v) is 4.96. The molecule has 0 aliphatic carbocycles. The molecule has 0 radical (unpaired) electrons. The van der Waals surface area contributed by atoms with Crippen molar-refractivity contribution in [2.75, 3.05) is 19.8 Å². The lowest BCUT2D eigenvalue weighted by atomic mass is 9.95. The summed E-state index contributed by atoms with van der Waals surface area (Å²) in [6.07, 6.45) is -12.4. The topological polar surface area (TPSA) is 353 Å². The van der Waals surface area contributed by atoms with Crippen LogP contribution in [0.5, 0.6) is 0 Å². The number of aliphatic hydroxyl groups is 5. The Morgan fingerprint density at radius 3 is 1.91 bits per heavy atom. The van der Waals surface area contributed by atoms with Crippen LogP contribution in [-0.2, 0) is 38.2 Å². The monoisotopic (exact) mass is 678 g/mol. The first-order valence-corrected chi connectivity index (χ1v) is 14.8. The molecule has 21 heteroatoms. The van der Waals surface area contributed by atoms with E-state index in [2.05, 4.69) is 26.3 Å². The molecule has 4 amide bonds. The number of carbonyl (C=O) groups is 5. The van der Waals surface area contributed by atoms with E-state index in [-0.39, 0.29) is 18.9 Å². The number of rotatable bonds is 15. The van der Waals surface area contributed by atoms with Gasteiger partial charge in [0.2, 0.25) is 23.6 Å². The number of guanidine groups is 1. The third kappa shape index (κ3) is 11.8. The minimum Gasteiger partial charge on any atom is -0.457 e. The summed E-state index contributed by atoms with van der Waals surface area (Å²) in [6, 6.07) is -3.70. The van der Waals surface area contributed by atoms with Gasteiger partial charge in [-0.15, -0.1) is 0 Å². The number of hydrogen-bond acceptors (Lipinski definition) is 15. The van der Waals surface area contributed by atoms with Crippen molar-refractivity contribution in [3.8, 4) is 0 Å². The number of nitrogens with one attached hydrogen (secondary N) is 4. The molecule has 0 aromatic heterocycles. The summed E-state index contributed by atoms with van der Waals surface area (Å²) < 4.78 is 16.4. The van der Waals surface area contributed by atoms with Gasteiger partial charge in [0, 0.05) is 26.8 Å². The quantitative estimate of drug-likeness (QED) is 0.0331. The maximum absolute atomic E-state index is 12.7. The van der Waals surface area contributed by atoms with Gasteiger partial charge in [-0.05, 0) is 12.8 Å². The molecule has 2 heterocycles. The largest absolute Gasteiger partial charge is 0.457 e. The van der Waals surface area contributed by atoms with Gasteiger partial charge in [-0.25, -0.2) is 0 Å². The fourth-order valence-electron chi connectivity index (χ4n) is 4.96. The molecule has 2 fully saturated rings. The van der Waals surface area contributed by atoms with Gasteiger partial charge < -0.3 is 78.2 Å². The molecular formula is C26H46N8O13. The first-order chi connectivity index (χ1) is 22.1. The van der Waals surface area contributed by atoms with Gasteiger partial charge in [-0.3, -0.25) is 29.0 Å². The van der Waals surface area contributed by atoms with Crippen LogP contribution in [0.2, 0.25) is 0 Å². The van der Waals surface area contributed by atoms with Gasteiger partial charge in [0.1, 0.15) is 42.6 Å². The van der Waals surface area contributed by atoms with Crippen LogP contribution in [0, 0.1) is 0 Å². The molecule has 11 atom stereocenters. The van der Waals surface area contributed by atoms with Crippen molar-refractivity contribution < 1.29 is 63.7 Å². The minimum absolute atomic E-state index is 0.121. The van der Waals surface area contributed by atoms with Gasteiger partial charge >= 0.3 is 5.97 Å². The molecule has 47 heavy (non-hydrogen) atoms. The molecule has 0 aromatic rings. The third-order valence-electron chi connectivity index (χ3n) is 7.28. The molecule has 2 saturated heterocycles. The van der Waals surface area contributed by atoms with Gasteiger partial charge in [-0.1, -0.05) is 0 Å². The van der Waals surface area contributed by atoms with Crippen LogP contribution in [0.1, 0.15) is 39.5 Å². The molecular weight excluding hydrogens is 632 g/mol. The van der Waals surface area contributed by atoms with Crippen molar-refractivity contribution >= 4 is 35.6 Å². The number of nitrogens with zero attached hydrogens (tertiary/aromatic N) is 1. The first kappa shape index (κ1) is 39.5. The maximum Gasteiger partial charge on any atom is 0.306 e. The fraction of sp³-hybridized carbons (Fsp3) is 0.769. The highest BCUT2D eigenvalue weighted by atomic mass is 16.6. The van der Waals surface area contributed by atoms with E-state index in [9.17, 15) is 49.5 Å². The molecule has 21 nitrogen and oxygen atoms in total. The molecule has 268 valence electrons. The molecule has 0 spiro atoms. The molecule has 2 aliphatic heterocycles. The normalized spacial score (nSPS) is 31.1. The van der Waals surface area contributed by atoms with E-state index in [0.29, 0.717) is 6.42 Å². The lowest BCUT2D eigenvalue weighted by molar-refractivity contribution is -0.218. The summed E-state index contributed by atoms with van der Waals surface area (Å²) in [4.78, 5) is 65.4. The Balaban J connectivity index is 2.03. The maximum atomic E-state index is 12.7. The minimum atomic E-state index is -1.71.